The summed E-state index contributed by atoms with van der Waals surface area (Å²) >= 11 is 0. The zero-order valence-electron chi connectivity index (χ0n) is 38.9. The highest BCUT2D eigenvalue weighted by molar-refractivity contribution is 5.73. The fourth-order valence-electron chi connectivity index (χ4n) is 8.57. The van der Waals surface area contributed by atoms with Crippen LogP contribution in [-0.2, 0) is 76.1 Å². The van der Waals surface area contributed by atoms with Gasteiger partial charge in [0.05, 0.1) is 30.8 Å². The van der Waals surface area contributed by atoms with Gasteiger partial charge < -0.3 is 62.2 Å². The van der Waals surface area contributed by atoms with Gasteiger partial charge in [0.15, 0.2) is 24.3 Å². The van der Waals surface area contributed by atoms with E-state index < -0.39 is 133 Å². The molecule has 1 N–H and O–H groups in total. The SMILES string of the molecule is CCC(=O)O[C@@H]1CC(=O)O[C@H](C)C/C=C/C=C/[C@H](OC(C)=O)[C@H](C)C[C@H](CC=O)C(O[C@@H]2O[C@H](C)[C@@H](O[C@H]3C[C@@](C)(OC(C)=O)[C@@H](OC(=O)CC)[C@H](C)O3)[C@H](N(C)C)[C@H]2O)[C@H]1OC. The Hall–Kier alpha value is -3.78. The number of aldehydes is 1. The summed E-state index contributed by atoms with van der Waals surface area (Å²) in [4.78, 5) is 77.6. The van der Waals surface area contributed by atoms with E-state index in [9.17, 15) is 33.9 Å². The van der Waals surface area contributed by atoms with Crippen LogP contribution in [0.4, 0.5) is 0 Å². The van der Waals surface area contributed by atoms with Crippen molar-refractivity contribution in [2.24, 2.45) is 11.8 Å². The molecule has 0 aromatic rings. The second kappa shape index (κ2) is 25.1. The summed E-state index contributed by atoms with van der Waals surface area (Å²) in [7, 11) is 4.82. The van der Waals surface area contributed by atoms with Gasteiger partial charge in [-0.15, -0.1) is 0 Å². The number of esters is 5. The van der Waals surface area contributed by atoms with Crippen molar-refractivity contribution in [3.8, 4) is 0 Å². The largest absolute Gasteiger partial charge is 0.462 e. The van der Waals surface area contributed by atoms with Gasteiger partial charge in [-0.25, -0.2) is 0 Å². The zero-order chi connectivity index (χ0) is 47.2. The minimum atomic E-state index is -1.45. The zero-order valence-corrected chi connectivity index (χ0v) is 38.9. The fraction of sp³-hybridized carbons (Fsp3) is 0.778. The van der Waals surface area contributed by atoms with E-state index in [1.54, 1.807) is 84.8 Å². The fourth-order valence-corrected chi connectivity index (χ4v) is 8.57. The monoisotopic (exact) mass is 897 g/mol. The minimum absolute atomic E-state index is 0.0260. The van der Waals surface area contributed by atoms with Crippen LogP contribution in [0.25, 0.3) is 0 Å². The van der Waals surface area contributed by atoms with E-state index in [-0.39, 0.29) is 32.1 Å². The van der Waals surface area contributed by atoms with Gasteiger partial charge in [0.2, 0.25) is 0 Å². The number of methoxy groups -OCH3 is 1. The van der Waals surface area contributed by atoms with Gasteiger partial charge in [-0.2, -0.15) is 0 Å². The molecular weight excluding hydrogens is 826 g/mol. The molecule has 358 valence electrons. The van der Waals surface area contributed by atoms with Crippen molar-refractivity contribution in [1.82, 2.24) is 4.90 Å². The van der Waals surface area contributed by atoms with Crippen LogP contribution in [0.15, 0.2) is 24.3 Å². The number of hydrogen-bond acceptors (Lipinski definition) is 18. The standard InChI is InChI=1S/C45H71NO17/c1-13-34(50)59-33-23-36(52)55-26(4)18-16-15-17-19-32(58-29(7)48)25(3)22-31(20-21-47)41(42(33)54-12)62-44-39(53)38(46(10)11)40(27(5)57-44)61-37-24-45(9,63-30(8)49)43(28(6)56-37)60-35(51)14-2/h15-17,19,21,25-28,31-33,37-44,53H,13-14,18,20,22-24H2,1-12H3/b16-15+,19-17+/t25-,26-,27-,28+,31+,32+,33-,37+,38-,39-,40-,41?,42+,43+,44+,45-/m1/s1. The maximum Gasteiger partial charge on any atom is 0.309 e. The quantitative estimate of drug-likeness (QED) is 0.148. The van der Waals surface area contributed by atoms with Crippen molar-refractivity contribution in [2.75, 3.05) is 21.2 Å². The maximum atomic E-state index is 13.4. The predicted molar refractivity (Wildman–Crippen MR) is 224 cm³/mol. The van der Waals surface area contributed by atoms with Crippen LogP contribution >= 0.6 is 0 Å². The third kappa shape index (κ3) is 15.4. The number of aliphatic hydroxyl groups excluding tert-OH is 1. The number of ether oxygens (including phenoxy) is 10. The summed E-state index contributed by atoms with van der Waals surface area (Å²) in [5.74, 6) is -4.06. The molecule has 3 aliphatic rings. The number of rotatable bonds is 14. The van der Waals surface area contributed by atoms with E-state index in [0.717, 1.165) is 0 Å². The molecule has 0 spiro atoms. The number of allylic oxidation sites excluding steroid dienone is 2. The first-order valence-corrected chi connectivity index (χ1v) is 21.9. The van der Waals surface area contributed by atoms with Crippen LogP contribution in [0.2, 0.25) is 0 Å². The van der Waals surface area contributed by atoms with Crippen LogP contribution in [0.3, 0.4) is 0 Å². The number of hydrogen-bond donors (Lipinski definition) is 1. The Morgan fingerprint density at radius 3 is 2.16 bits per heavy atom. The molecular formula is C45H71NO17. The molecule has 0 aliphatic carbocycles. The van der Waals surface area contributed by atoms with Gasteiger partial charge in [-0.1, -0.05) is 39.0 Å². The number of cyclic esters (lactones) is 1. The first-order chi connectivity index (χ1) is 29.7. The van der Waals surface area contributed by atoms with E-state index in [1.165, 1.54) is 21.0 Å². The lowest BCUT2D eigenvalue weighted by Crippen LogP contribution is -2.66. The van der Waals surface area contributed by atoms with E-state index in [0.29, 0.717) is 12.7 Å². The van der Waals surface area contributed by atoms with Crippen LogP contribution in [-0.4, -0.2) is 153 Å². The molecule has 3 heterocycles. The van der Waals surface area contributed by atoms with Gasteiger partial charge in [-0.3, -0.25) is 24.0 Å². The molecule has 0 aromatic heterocycles. The van der Waals surface area contributed by atoms with E-state index in [1.807, 2.05) is 6.92 Å². The van der Waals surface area contributed by atoms with Crippen molar-refractivity contribution >= 4 is 36.1 Å². The van der Waals surface area contributed by atoms with Gasteiger partial charge >= 0.3 is 29.8 Å². The Bertz CT molecular complexity index is 1590. The molecule has 18 heteroatoms. The smallest absolute Gasteiger partial charge is 0.309 e. The summed E-state index contributed by atoms with van der Waals surface area (Å²) in [6, 6.07) is -0.833. The van der Waals surface area contributed by atoms with Crippen LogP contribution in [0, 0.1) is 11.8 Å². The van der Waals surface area contributed by atoms with Crippen LogP contribution < -0.4 is 0 Å². The number of nitrogens with zero attached hydrogens (tertiary/aromatic N) is 1. The summed E-state index contributed by atoms with van der Waals surface area (Å²) in [6.45, 7) is 14.4. The second-order valence-electron chi connectivity index (χ2n) is 17.1. The first kappa shape index (κ1) is 53.6. The van der Waals surface area contributed by atoms with Crippen molar-refractivity contribution in [1.29, 1.82) is 0 Å². The molecule has 63 heavy (non-hydrogen) atoms. The highest BCUT2D eigenvalue weighted by Gasteiger charge is 2.54. The Kier molecular flexibility index (Phi) is 21.3. The third-order valence-electron chi connectivity index (χ3n) is 11.5. The number of aliphatic hydroxyl groups is 1. The van der Waals surface area contributed by atoms with Gasteiger partial charge in [-0.05, 0) is 66.1 Å². The number of likely N-dealkylation sites (N-methyl/N-ethyl adjacent to an activating group) is 1. The van der Waals surface area contributed by atoms with Gasteiger partial charge in [0.1, 0.15) is 42.9 Å². The Balaban J connectivity index is 2.09. The Labute approximate surface area is 371 Å². The average Bonchev–Trinajstić information content (AvgIpc) is 3.18. The molecule has 1 unspecified atom stereocenters. The van der Waals surface area contributed by atoms with Crippen molar-refractivity contribution < 1.29 is 81.2 Å². The van der Waals surface area contributed by atoms with Crippen molar-refractivity contribution in [3.05, 3.63) is 24.3 Å². The number of carbonyl (C=O) groups is 6. The summed E-state index contributed by atoms with van der Waals surface area (Å²) in [5.41, 5.74) is -1.33. The summed E-state index contributed by atoms with van der Waals surface area (Å²) < 4.78 is 60.7. The molecule has 0 bridgehead atoms. The molecule has 3 rings (SSSR count). The highest BCUT2D eigenvalue weighted by Crippen LogP contribution is 2.39. The second-order valence-corrected chi connectivity index (χ2v) is 17.1. The lowest BCUT2D eigenvalue weighted by molar-refractivity contribution is -0.344. The minimum Gasteiger partial charge on any atom is -0.462 e. The molecule has 18 nitrogen and oxygen atoms in total. The van der Waals surface area contributed by atoms with Crippen LogP contribution in [0.5, 0.6) is 0 Å². The molecule has 0 aromatic carbocycles. The maximum absolute atomic E-state index is 13.4. The topological polar surface area (TPSA) is 218 Å². The van der Waals surface area contributed by atoms with Gasteiger partial charge in [0, 0.05) is 53.1 Å². The molecule has 0 amide bonds. The third-order valence-corrected chi connectivity index (χ3v) is 11.5. The molecule has 2 fully saturated rings. The summed E-state index contributed by atoms with van der Waals surface area (Å²) in [5, 5.41) is 12.2. The molecule has 3 aliphatic heterocycles. The van der Waals surface area contributed by atoms with E-state index in [2.05, 4.69) is 0 Å². The Morgan fingerprint density at radius 2 is 1.57 bits per heavy atom. The average molecular weight is 898 g/mol. The molecule has 0 radical (unpaired) electrons. The normalized spacial score (nSPS) is 38.1. The highest BCUT2D eigenvalue weighted by atomic mass is 16.7. The van der Waals surface area contributed by atoms with E-state index >= 15 is 0 Å². The first-order valence-electron chi connectivity index (χ1n) is 21.9. The summed E-state index contributed by atoms with van der Waals surface area (Å²) in [6.07, 6.45) is -4.48. The Morgan fingerprint density at radius 1 is 0.905 bits per heavy atom. The molecule has 0 saturated carbocycles. The predicted octanol–water partition coefficient (Wildman–Crippen LogP) is 3.91. The van der Waals surface area contributed by atoms with E-state index in [4.69, 9.17) is 47.4 Å². The molecule has 2 saturated heterocycles. The number of carbonyl (C=O) groups excluding carboxylic acids is 6. The van der Waals surface area contributed by atoms with Crippen LogP contribution in [0.1, 0.15) is 107 Å². The van der Waals surface area contributed by atoms with Crippen molar-refractivity contribution in [2.45, 2.75) is 193 Å². The lowest BCUT2D eigenvalue weighted by atomic mass is 9.82. The molecule has 16 atom stereocenters. The van der Waals surface area contributed by atoms with Crippen molar-refractivity contribution in [3.63, 3.8) is 0 Å². The van der Waals surface area contributed by atoms with Gasteiger partial charge in [0.25, 0.3) is 0 Å². The lowest BCUT2D eigenvalue weighted by Gasteiger charge is -2.50.